The van der Waals surface area contributed by atoms with Gasteiger partial charge in [-0.25, -0.2) is 9.97 Å². The molecule has 0 amide bonds. The number of hydrogen-bond donors (Lipinski definition) is 0. The molecule has 14 heavy (non-hydrogen) atoms. The lowest BCUT2D eigenvalue weighted by molar-refractivity contribution is 0.568. The molecule has 0 aliphatic carbocycles. The summed E-state index contributed by atoms with van der Waals surface area (Å²) in [5.74, 6) is 1.73. The summed E-state index contributed by atoms with van der Waals surface area (Å²) in [7, 11) is 0. The van der Waals surface area contributed by atoms with Crippen LogP contribution in [0.1, 0.15) is 25.3 Å². The second kappa shape index (κ2) is 3.95. The minimum Gasteiger partial charge on any atom is -0.341 e. The third-order valence-corrected chi connectivity index (χ3v) is 2.91. The first-order chi connectivity index (χ1) is 6.79. The van der Waals surface area contributed by atoms with Crippen LogP contribution in [0.4, 0.5) is 5.95 Å². The minimum absolute atomic E-state index is 0.833. The van der Waals surface area contributed by atoms with Crippen molar-refractivity contribution in [1.82, 2.24) is 9.97 Å². The predicted molar refractivity (Wildman–Crippen MR) is 57.4 cm³/mol. The van der Waals surface area contributed by atoms with E-state index in [1.807, 2.05) is 19.3 Å². The molecule has 1 atom stereocenters. The standard InChI is InChI=1S/C11H17N3/c1-3-10-4-5-14(8-10)11-12-6-9(2)7-13-11/h6-7,10H,3-5,8H2,1-2H3. The summed E-state index contributed by atoms with van der Waals surface area (Å²) in [5, 5.41) is 0. The molecule has 1 aliphatic rings. The van der Waals surface area contributed by atoms with Crippen molar-refractivity contribution in [3.05, 3.63) is 18.0 Å². The van der Waals surface area contributed by atoms with Crippen LogP contribution in [0.15, 0.2) is 12.4 Å². The van der Waals surface area contributed by atoms with Gasteiger partial charge in [0, 0.05) is 25.5 Å². The molecule has 0 aromatic carbocycles. The second-order valence-corrected chi connectivity index (χ2v) is 4.07. The maximum absolute atomic E-state index is 4.34. The number of hydrogen-bond acceptors (Lipinski definition) is 3. The SMILES string of the molecule is CCC1CCN(c2ncc(C)cn2)C1. The highest BCUT2D eigenvalue weighted by molar-refractivity contribution is 5.31. The zero-order valence-electron chi connectivity index (χ0n) is 8.90. The van der Waals surface area contributed by atoms with Gasteiger partial charge in [0.05, 0.1) is 0 Å². The molecule has 3 nitrogen and oxygen atoms in total. The van der Waals surface area contributed by atoms with Crippen LogP contribution in [-0.2, 0) is 0 Å². The summed E-state index contributed by atoms with van der Waals surface area (Å²) < 4.78 is 0. The molecule has 3 heteroatoms. The molecule has 1 aliphatic heterocycles. The molecule has 0 spiro atoms. The van der Waals surface area contributed by atoms with Gasteiger partial charge >= 0.3 is 0 Å². The summed E-state index contributed by atoms with van der Waals surface area (Å²) in [6.45, 7) is 6.51. The van der Waals surface area contributed by atoms with E-state index in [2.05, 4.69) is 21.8 Å². The van der Waals surface area contributed by atoms with Crippen molar-refractivity contribution in [3.8, 4) is 0 Å². The molecule has 0 N–H and O–H groups in total. The summed E-state index contributed by atoms with van der Waals surface area (Å²) >= 11 is 0. The Hall–Kier alpha value is -1.12. The highest BCUT2D eigenvalue weighted by atomic mass is 15.3. The molecular weight excluding hydrogens is 174 g/mol. The number of rotatable bonds is 2. The topological polar surface area (TPSA) is 29.0 Å². The summed E-state index contributed by atoms with van der Waals surface area (Å²) in [4.78, 5) is 11.0. The van der Waals surface area contributed by atoms with Gasteiger partial charge in [-0.2, -0.15) is 0 Å². The van der Waals surface area contributed by atoms with E-state index in [4.69, 9.17) is 0 Å². The van der Waals surface area contributed by atoms with Gasteiger partial charge in [0.15, 0.2) is 0 Å². The molecule has 1 unspecified atom stereocenters. The van der Waals surface area contributed by atoms with Crippen molar-refractivity contribution in [2.45, 2.75) is 26.7 Å². The van der Waals surface area contributed by atoms with E-state index in [-0.39, 0.29) is 0 Å². The first kappa shape index (κ1) is 9.44. The monoisotopic (exact) mass is 191 g/mol. The fraction of sp³-hybridized carbons (Fsp3) is 0.636. The fourth-order valence-corrected chi connectivity index (χ4v) is 1.90. The fourth-order valence-electron chi connectivity index (χ4n) is 1.90. The van der Waals surface area contributed by atoms with E-state index in [9.17, 15) is 0 Å². The number of anilines is 1. The molecule has 76 valence electrons. The average molecular weight is 191 g/mol. The van der Waals surface area contributed by atoms with Crippen LogP contribution in [0, 0.1) is 12.8 Å². The molecule has 0 saturated carbocycles. The maximum Gasteiger partial charge on any atom is 0.225 e. The van der Waals surface area contributed by atoms with Crippen LogP contribution >= 0.6 is 0 Å². The van der Waals surface area contributed by atoms with Crippen molar-refractivity contribution in [2.75, 3.05) is 18.0 Å². The molecule has 2 rings (SSSR count). The van der Waals surface area contributed by atoms with Crippen molar-refractivity contribution >= 4 is 5.95 Å². The summed E-state index contributed by atoms with van der Waals surface area (Å²) in [6.07, 6.45) is 6.33. The van der Waals surface area contributed by atoms with E-state index >= 15 is 0 Å². The van der Waals surface area contributed by atoms with Gasteiger partial charge in [-0.15, -0.1) is 0 Å². The highest BCUT2D eigenvalue weighted by Gasteiger charge is 2.22. The lowest BCUT2D eigenvalue weighted by atomic mass is 10.1. The van der Waals surface area contributed by atoms with E-state index in [1.165, 1.54) is 12.8 Å². The van der Waals surface area contributed by atoms with Crippen LogP contribution in [-0.4, -0.2) is 23.1 Å². The van der Waals surface area contributed by atoms with Crippen LogP contribution in [0.3, 0.4) is 0 Å². The second-order valence-electron chi connectivity index (χ2n) is 4.07. The zero-order chi connectivity index (χ0) is 9.97. The van der Waals surface area contributed by atoms with E-state index in [0.29, 0.717) is 0 Å². The van der Waals surface area contributed by atoms with Crippen LogP contribution in [0.5, 0.6) is 0 Å². The van der Waals surface area contributed by atoms with Gasteiger partial charge in [-0.05, 0) is 24.8 Å². The Morgan fingerprint density at radius 2 is 2.14 bits per heavy atom. The molecule has 0 radical (unpaired) electrons. The molecule has 0 bridgehead atoms. The van der Waals surface area contributed by atoms with Gasteiger partial charge < -0.3 is 4.90 Å². The number of nitrogens with zero attached hydrogens (tertiary/aromatic N) is 3. The normalized spacial score (nSPS) is 21.6. The lowest BCUT2D eigenvalue weighted by Gasteiger charge is -2.15. The van der Waals surface area contributed by atoms with Crippen LogP contribution in [0.2, 0.25) is 0 Å². The zero-order valence-corrected chi connectivity index (χ0v) is 8.90. The molecule has 1 aromatic heterocycles. The maximum atomic E-state index is 4.34. The molecule has 2 heterocycles. The van der Waals surface area contributed by atoms with Crippen LogP contribution in [0.25, 0.3) is 0 Å². The van der Waals surface area contributed by atoms with Gasteiger partial charge in [-0.3, -0.25) is 0 Å². The number of aromatic nitrogens is 2. The third kappa shape index (κ3) is 1.86. The van der Waals surface area contributed by atoms with Crippen molar-refractivity contribution < 1.29 is 0 Å². The summed E-state index contributed by atoms with van der Waals surface area (Å²) in [5.41, 5.74) is 1.12. The van der Waals surface area contributed by atoms with E-state index in [1.54, 1.807) is 0 Å². The van der Waals surface area contributed by atoms with Crippen molar-refractivity contribution in [3.63, 3.8) is 0 Å². The molecule has 1 aromatic rings. The Balaban J connectivity index is 2.06. The molecule has 1 fully saturated rings. The quantitative estimate of drug-likeness (QED) is 0.716. The summed E-state index contributed by atoms with van der Waals surface area (Å²) in [6, 6.07) is 0. The highest BCUT2D eigenvalue weighted by Crippen LogP contribution is 2.22. The average Bonchev–Trinajstić information content (AvgIpc) is 2.67. The Kier molecular flexibility index (Phi) is 2.66. The smallest absolute Gasteiger partial charge is 0.225 e. The van der Waals surface area contributed by atoms with Gasteiger partial charge in [0.2, 0.25) is 5.95 Å². The van der Waals surface area contributed by atoms with Gasteiger partial charge in [-0.1, -0.05) is 13.3 Å². The Morgan fingerprint density at radius 3 is 2.71 bits per heavy atom. The molecular formula is C11H17N3. The Labute approximate surface area is 85.2 Å². The van der Waals surface area contributed by atoms with E-state index in [0.717, 1.165) is 30.5 Å². The van der Waals surface area contributed by atoms with Gasteiger partial charge in [0.1, 0.15) is 0 Å². The minimum atomic E-state index is 0.833. The largest absolute Gasteiger partial charge is 0.341 e. The molecule has 1 saturated heterocycles. The van der Waals surface area contributed by atoms with E-state index < -0.39 is 0 Å². The predicted octanol–water partition coefficient (Wildman–Crippen LogP) is 2.02. The van der Waals surface area contributed by atoms with Crippen molar-refractivity contribution in [2.24, 2.45) is 5.92 Å². The number of aryl methyl sites for hydroxylation is 1. The Morgan fingerprint density at radius 1 is 1.43 bits per heavy atom. The van der Waals surface area contributed by atoms with Crippen LogP contribution < -0.4 is 4.90 Å². The third-order valence-electron chi connectivity index (χ3n) is 2.91. The lowest BCUT2D eigenvalue weighted by Crippen LogP contribution is -2.21. The van der Waals surface area contributed by atoms with Gasteiger partial charge in [0.25, 0.3) is 0 Å². The first-order valence-electron chi connectivity index (χ1n) is 5.33. The Bertz CT molecular complexity index is 294. The first-order valence-corrected chi connectivity index (χ1v) is 5.33. The van der Waals surface area contributed by atoms with Crippen molar-refractivity contribution in [1.29, 1.82) is 0 Å².